The number of carbonyl (C=O) groups excluding carboxylic acids is 2. The normalized spacial score (nSPS) is 15.1. The molecule has 0 saturated carbocycles. The van der Waals surface area contributed by atoms with Gasteiger partial charge in [0.25, 0.3) is 0 Å². The molecule has 0 aromatic heterocycles. The molecule has 3 rings (SSSR count). The van der Waals surface area contributed by atoms with Crippen LogP contribution in [0.1, 0.15) is 6.92 Å². The molecule has 178 valence electrons. The maximum atomic E-state index is 13.8. The molecular weight excluding hydrogens is 451 g/mol. The predicted octanol–water partition coefficient (Wildman–Crippen LogP) is 1.43. The van der Waals surface area contributed by atoms with Crippen molar-refractivity contribution < 1.29 is 27.1 Å². The van der Waals surface area contributed by atoms with Crippen LogP contribution in [0.3, 0.4) is 0 Å². The van der Waals surface area contributed by atoms with Gasteiger partial charge in [-0.15, -0.1) is 0 Å². The predicted molar refractivity (Wildman–Crippen MR) is 122 cm³/mol. The summed E-state index contributed by atoms with van der Waals surface area (Å²) in [4.78, 5) is 27.7. The summed E-state index contributed by atoms with van der Waals surface area (Å²) in [7, 11) is -2.86. The Morgan fingerprint density at radius 1 is 1.12 bits per heavy atom. The molecule has 0 spiro atoms. The van der Waals surface area contributed by atoms with Gasteiger partial charge < -0.3 is 19.9 Å². The number of amides is 2. The maximum Gasteiger partial charge on any atom is 0.244 e. The molecule has 2 aromatic rings. The summed E-state index contributed by atoms with van der Waals surface area (Å²) in [5, 5.41) is 2.71. The van der Waals surface area contributed by atoms with Crippen molar-refractivity contribution in [2.45, 2.75) is 17.9 Å². The second-order valence-electron chi connectivity index (χ2n) is 7.66. The van der Waals surface area contributed by atoms with Gasteiger partial charge in [-0.2, -0.15) is 4.72 Å². The van der Waals surface area contributed by atoms with Crippen LogP contribution in [0.25, 0.3) is 0 Å². The van der Waals surface area contributed by atoms with Crippen molar-refractivity contribution in [1.29, 1.82) is 0 Å². The third-order valence-corrected chi connectivity index (χ3v) is 6.69. The van der Waals surface area contributed by atoms with Crippen molar-refractivity contribution >= 4 is 33.2 Å². The van der Waals surface area contributed by atoms with E-state index < -0.39 is 38.6 Å². The van der Waals surface area contributed by atoms with Crippen LogP contribution in [0.15, 0.2) is 53.4 Å². The molecule has 1 saturated heterocycles. The minimum Gasteiger partial charge on any atom is -0.378 e. The standard InChI is InChI=1S/C22H27FN4O5S/c1-16(25-33(30,31)20-6-4-3-5-19(20)23)22(29)26(2)15-21(28)24-17-7-9-18(10-8-17)27-11-13-32-14-12-27/h3-10,16,25H,11-15H2,1-2H3,(H,24,28)/t16-/m0/s1. The first kappa shape index (κ1) is 24.6. The molecule has 2 amide bonds. The summed E-state index contributed by atoms with van der Waals surface area (Å²) < 4.78 is 46.1. The van der Waals surface area contributed by atoms with E-state index in [0.29, 0.717) is 18.9 Å². The van der Waals surface area contributed by atoms with Crippen LogP contribution < -0.4 is 14.9 Å². The van der Waals surface area contributed by atoms with Crippen LogP contribution in [0, 0.1) is 5.82 Å². The molecule has 2 N–H and O–H groups in total. The van der Waals surface area contributed by atoms with Gasteiger partial charge in [-0.05, 0) is 43.3 Å². The molecule has 1 aliphatic heterocycles. The lowest BCUT2D eigenvalue weighted by molar-refractivity contribution is -0.134. The second-order valence-corrected chi connectivity index (χ2v) is 9.34. The van der Waals surface area contributed by atoms with Gasteiger partial charge in [0.05, 0.1) is 25.8 Å². The number of hydrogen-bond acceptors (Lipinski definition) is 6. The zero-order valence-corrected chi connectivity index (χ0v) is 19.3. The second kappa shape index (κ2) is 10.7. The van der Waals surface area contributed by atoms with E-state index in [9.17, 15) is 22.4 Å². The van der Waals surface area contributed by atoms with E-state index in [1.807, 2.05) is 12.1 Å². The average molecular weight is 479 g/mol. The van der Waals surface area contributed by atoms with Crippen LogP contribution in [0.4, 0.5) is 15.8 Å². The number of halogens is 1. The highest BCUT2D eigenvalue weighted by Crippen LogP contribution is 2.19. The molecule has 33 heavy (non-hydrogen) atoms. The number of likely N-dealkylation sites (N-methyl/N-ethyl adjacent to an activating group) is 1. The van der Waals surface area contributed by atoms with Gasteiger partial charge in [0.1, 0.15) is 10.7 Å². The number of ether oxygens (including phenoxy) is 1. The molecule has 1 fully saturated rings. The first-order chi connectivity index (χ1) is 15.7. The highest BCUT2D eigenvalue weighted by atomic mass is 32.2. The minimum atomic E-state index is -4.24. The lowest BCUT2D eigenvalue weighted by Gasteiger charge is -2.29. The number of rotatable bonds is 8. The van der Waals surface area contributed by atoms with Crippen molar-refractivity contribution in [2.24, 2.45) is 0 Å². The summed E-state index contributed by atoms with van der Waals surface area (Å²) in [6.45, 7) is 4.01. The SMILES string of the molecule is C[C@H](NS(=O)(=O)c1ccccc1F)C(=O)N(C)CC(=O)Nc1ccc(N2CCOCC2)cc1. The Kier molecular flexibility index (Phi) is 8.01. The number of nitrogens with one attached hydrogen (secondary N) is 2. The Hall–Kier alpha value is -3.02. The van der Waals surface area contributed by atoms with Gasteiger partial charge >= 0.3 is 0 Å². The maximum absolute atomic E-state index is 13.8. The fourth-order valence-corrected chi connectivity index (χ4v) is 4.69. The van der Waals surface area contributed by atoms with Crippen LogP contribution in [0.5, 0.6) is 0 Å². The monoisotopic (exact) mass is 478 g/mol. The average Bonchev–Trinajstić information content (AvgIpc) is 2.79. The first-order valence-corrected chi connectivity index (χ1v) is 11.9. The van der Waals surface area contributed by atoms with Crippen molar-refractivity contribution in [1.82, 2.24) is 9.62 Å². The molecule has 11 heteroatoms. The Bertz CT molecular complexity index is 1090. The van der Waals surface area contributed by atoms with E-state index in [2.05, 4.69) is 14.9 Å². The van der Waals surface area contributed by atoms with Gasteiger partial charge in [0, 0.05) is 31.5 Å². The molecule has 2 aromatic carbocycles. The highest BCUT2D eigenvalue weighted by molar-refractivity contribution is 7.89. The summed E-state index contributed by atoms with van der Waals surface area (Å²) in [5.41, 5.74) is 1.60. The Balaban J connectivity index is 1.53. The van der Waals surface area contributed by atoms with E-state index in [0.717, 1.165) is 35.8 Å². The summed E-state index contributed by atoms with van der Waals surface area (Å²) in [5.74, 6) is -1.99. The molecule has 9 nitrogen and oxygen atoms in total. The van der Waals surface area contributed by atoms with E-state index in [1.165, 1.54) is 26.1 Å². The number of morpholine rings is 1. The molecule has 0 bridgehead atoms. The third-order valence-electron chi connectivity index (χ3n) is 5.11. The van der Waals surface area contributed by atoms with Crippen LogP contribution in [0.2, 0.25) is 0 Å². The molecular formula is C22H27FN4O5S. The molecule has 1 aliphatic rings. The third kappa shape index (κ3) is 6.50. The number of benzene rings is 2. The quantitative estimate of drug-likeness (QED) is 0.594. The zero-order chi connectivity index (χ0) is 24.0. The van der Waals surface area contributed by atoms with E-state index in [4.69, 9.17) is 4.74 Å². The topological polar surface area (TPSA) is 108 Å². The Morgan fingerprint density at radius 3 is 2.39 bits per heavy atom. The lowest BCUT2D eigenvalue weighted by Crippen LogP contribution is -2.47. The minimum absolute atomic E-state index is 0.282. The smallest absolute Gasteiger partial charge is 0.244 e. The van der Waals surface area contributed by atoms with Crippen LogP contribution >= 0.6 is 0 Å². The number of nitrogens with zero attached hydrogens (tertiary/aromatic N) is 2. The van der Waals surface area contributed by atoms with Gasteiger partial charge in [-0.1, -0.05) is 12.1 Å². The van der Waals surface area contributed by atoms with Gasteiger partial charge in [0.2, 0.25) is 21.8 Å². The molecule has 1 atom stereocenters. The number of sulfonamides is 1. The summed E-state index contributed by atoms with van der Waals surface area (Å²) in [6.07, 6.45) is 0. The van der Waals surface area contributed by atoms with E-state index >= 15 is 0 Å². The molecule has 0 unspecified atom stereocenters. The van der Waals surface area contributed by atoms with Gasteiger partial charge in [-0.25, -0.2) is 12.8 Å². The lowest BCUT2D eigenvalue weighted by atomic mass is 10.2. The number of hydrogen-bond donors (Lipinski definition) is 2. The van der Waals surface area contributed by atoms with Gasteiger partial charge in [0.15, 0.2) is 0 Å². The largest absolute Gasteiger partial charge is 0.378 e. The molecule has 0 aliphatic carbocycles. The fraction of sp³-hybridized carbons (Fsp3) is 0.364. The van der Waals surface area contributed by atoms with Crippen LogP contribution in [-0.2, 0) is 24.3 Å². The van der Waals surface area contributed by atoms with Crippen LogP contribution in [-0.4, -0.2) is 71.1 Å². The van der Waals surface area contributed by atoms with Crippen molar-refractivity contribution in [3.63, 3.8) is 0 Å². The van der Waals surface area contributed by atoms with Crippen molar-refractivity contribution in [3.8, 4) is 0 Å². The van der Waals surface area contributed by atoms with Crippen molar-refractivity contribution in [3.05, 3.63) is 54.3 Å². The van der Waals surface area contributed by atoms with E-state index in [-0.39, 0.29) is 6.54 Å². The number of carbonyl (C=O) groups is 2. The fourth-order valence-electron chi connectivity index (χ4n) is 3.41. The molecule has 0 radical (unpaired) electrons. The van der Waals surface area contributed by atoms with Crippen molar-refractivity contribution in [2.75, 3.05) is 50.1 Å². The first-order valence-electron chi connectivity index (χ1n) is 10.4. The van der Waals surface area contributed by atoms with Gasteiger partial charge in [-0.3, -0.25) is 9.59 Å². The number of anilines is 2. The molecule has 1 heterocycles. The van der Waals surface area contributed by atoms with E-state index in [1.54, 1.807) is 12.1 Å². The Morgan fingerprint density at radius 2 is 1.76 bits per heavy atom. The Labute approximate surface area is 192 Å². The zero-order valence-electron chi connectivity index (χ0n) is 18.5. The summed E-state index contributed by atoms with van der Waals surface area (Å²) in [6, 6.07) is 11.0. The highest BCUT2D eigenvalue weighted by Gasteiger charge is 2.27. The summed E-state index contributed by atoms with van der Waals surface area (Å²) >= 11 is 0.